The largest absolute Gasteiger partial charge is 0.493 e. The number of methoxy groups -OCH3 is 3. The van der Waals surface area contributed by atoms with Crippen molar-refractivity contribution in [3.8, 4) is 17.2 Å². The van der Waals surface area contributed by atoms with E-state index in [2.05, 4.69) is 35.1 Å². The third-order valence-electron chi connectivity index (χ3n) is 3.02. The summed E-state index contributed by atoms with van der Waals surface area (Å²) in [5.41, 5.74) is 0.450. The Morgan fingerprint density at radius 3 is 2.05 bits per heavy atom. The summed E-state index contributed by atoms with van der Waals surface area (Å²) in [5, 5.41) is 3.71. The van der Waals surface area contributed by atoms with Crippen LogP contribution in [0.5, 0.6) is 17.2 Å². The van der Waals surface area contributed by atoms with Crippen LogP contribution in [-0.2, 0) is 0 Å². The van der Waals surface area contributed by atoms with Gasteiger partial charge in [-0.05, 0) is 17.5 Å². The molecule has 0 fully saturated rings. The molecule has 1 aromatic rings. The maximum absolute atomic E-state index is 12.3. The molecule has 0 saturated heterocycles. The second-order valence-electron chi connectivity index (χ2n) is 5.39. The lowest BCUT2D eigenvalue weighted by Gasteiger charge is -2.22. The van der Waals surface area contributed by atoms with E-state index in [9.17, 15) is 4.79 Å². The lowest BCUT2D eigenvalue weighted by molar-refractivity contribution is 0.0939. The van der Waals surface area contributed by atoms with Crippen molar-refractivity contribution >= 4 is 21.8 Å². The molecule has 0 aliphatic rings. The Bertz CT molecular complexity index is 477. The van der Waals surface area contributed by atoms with Crippen LogP contribution in [0.2, 0.25) is 0 Å². The van der Waals surface area contributed by atoms with Gasteiger partial charge in [-0.15, -0.1) is 0 Å². The summed E-state index contributed by atoms with van der Waals surface area (Å²) >= 11 is 3.43. The smallest absolute Gasteiger partial charge is 0.251 e. The summed E-state index contributed by atoms with van der Waals surface area (Å²) in [6.07, 6.45) is 0. The van der Waals surface area contributed by atoms with Crippen LogP contribution >= 0.6 is 15.9 Å². The van der Waals surface area contributed by atoms with Crippen molar-refractivity contribution in [2.75, 3.05) is 33.2 Å². The zero-order valence-corrected chi connectivity index (χ0v) is 14.7. The van der Waals surface area contributed by atoms with Crippen LogP contribution < -0.4 is 19.5 Å². The van der Waals surface area contributed by atoms with Gasteiger partial charge in [-0.2, -0.15) is 0 Å². The van der Waals surface area contributed by atoms with Gasteiger partial charge in [-0.1, -0.05) is 29.8 Å². The Hall–Kier alpha value is -1.43. The van der Waals surface area contributed by atoms with E-state index in [0.717, 1.165) is 5.33 Å². The Kier molecular flexibility index (Phi) is 6.33. The fourth-order valence-electron chi connectivity index (χ4n) is 1.68. The summed E-state index contributed by atoms with van der Waals surface area (Å²) < 4.78 is 15.7. The summed E-state index contributed by atoms with van der Waals surface area (Å²) in [5.74, 6) is 1.21. The topological polar surface area (TPSA) is 56.8 Å². The monoisotopic (exact) mass is 359 g/mol. The molecule has 0 radical (unpaired) electrons. The molecule has 0 saturated carbocycles. The molecular formula is C15H22BrNO4. The Balaban J connectivity index is 3.00. The Morgan fingerprint density at radius 1 is 1.14 bits per heavy atom. The van der Waals surface area contributed by atoms with E-state index in [-0.39, 0.29) is 11.3 Å². The first-order chi connectivity index (χ1) is 9.88. The SMILES string of the molecule is COc1cc(C(=O)NCC(C)(C)CBr)cc(OC)c1OC. The van der Waals surface area contributed by atoms with E-state index >= 15 is 0 Å². The molecule has 0 spiro atoms. The van der Waals surface area contributed by atoms with Crippen molar-refractivity contribution in [2.24, 2.45) is 5.41 Å². The number of ether oxygens (including phenoxy) is 3. The standard InChI is InChI=1S/C15H22BrNO4/c1-15(2,8-16)9-17-14(18)10-6-11(19-3)13(21-5)12(7-10)20-4/h6-7H,8-9H2,1-5H3,(H,17,18). The van der Waals surface area contributed by atoms with E-state index in [0.29, 0.717) is 29.4 Å². The number of rotatable bonds is 7. The third kappa shape index (κ3) is 4.52. The zero-order chi connectivity index (χ0) is 16.0. The highest BCUT2D eigenvalue weighted by Crippen LogP contribution is 2.38. The molecular weight excluding hydrogens is 338 g/mol. The number of hydrogen-bond donors (Lipinski definition) is 1. The minimum absolute atomic E-state index is 0.0176. The molecule has 5 nitrogen and oxygen atoms in total. The lowest BCUT2D eigenvalue weighted by Crippen LogP contribution is -2.34. The van der Waals surface area contributed by atoms with Crippen molar-refractivity contribution in [3.05, 3.63) is 17.7 Å². The van der Waals surface area contributed by atoms with Crippen LogP contribution in [0.25, 0.3) is 0 Å². The van der Waals surface area contributed by atoms with Crippen molar-refractivity contribution in [3.63, 3.8) is 0 Å². The van der Waals surface area contributed by atoms with Crippen LogP contribution in [0.1, 0.15) is 24.2 Å². The van der Waals surface area contributed by atoms with E-state index in [1.807, 2.05) is 0 Å². The summed E-state index contributed by atoms with van der Waals surface area (Å²) in [4.78, 5) is 12.3. The second-order valence-corrected chi connectivity index (χ2v) is 5.96. The van der Waals surface area contributed by atoms with Crippen LogP contribution in [-0.4, -0.2) is 39.1 Å². The van der Waals surface area contributed by atoms with E-state index < -0.39 is 0 Å². The highest BCUT2D eigenvalue weighted by atomic mass is 79.9. The lowest BCUT2D eigenvalue weighted by atomic mass is 9.96. The van der Waals surface area contributed by atoms with Crippen LogP contribution in [0.3, 0.4) is 0 Å². The van der Waals surface area contributed by atoms with Crippen molar-refractivity contribution in [1.29, 1.82) is 0 Å². The summed E-state index contributed by atoms with van der Waals surface area (Å²) in [6.45, 7) is 4.70. The minimum Gasteiger partial charge on any atom is -0.493 e. The normalized spacial score (nSPS) is 11.0. The molecule has 6 heteroatoms. The molecule has 118 valence electrons. The number of carbonyl (C=O) groups excluding carboxylic acids is 1. The summed E-state index contributed by atoms with van der Waals surface area (Å²) in [6, 6.07) is 3.27. The number of amides is 1. The van der Waals surface area contributed by atoms with E-state index in [4.69, 9.17) is 14.2 Å². The quantitative estimate of drug-likeness (QED) is 0.760. The van der Waals surface area contributed by atoms with Gasteiger partial charge in [0.2, 0.25) is 5.75 Å². The molecule has 0 aromatic heterocycles. The van der Waals surface area contributed by atoms with Crippen LogP contribution in [0.15, 0.2) is 12.1 Å². The van der Waals surface area contributed by atoms with Gasteiger partial charge in [0.1, 0.15) is 0 Å². The molecule has 0 unspecified atom stereocenters. The van der Waals surface area contributed by atoms with Gasteiger partial charge in [-0.3, -0.25) is 4.79 Å². The molecule has 21 heavy (non-hydrogen) atoms. The average Bonchev–Trinajstić information content (AvgIpc) is 2.50. The van der Waals surface area contributed by atoms with Gasteiger partial charge in [-0.25, -0.2) is 0 Å². The molecule has 1 amide bonds. The predicted molar refractivity (Wildman–Crippen MR) is 86.0 cm³/mol. The predicted octanol–water partition coefficient (Wildman–Crippen LogP) is 2.86. The molecule has 0 bridgehead atoms. The molecule has 0 aliphatic carbocycles. The van der Waals surface area contributed by atoms with Gasteiger partial charge in [0.05, 0.1) is 21.3 Å². The average molecular weight is 360 g/mol. The first-order valence-electron chi connectivity index (χ1n) is 6.52. The van der Waals surface area contributed by atoms with Crippen molar-refractivity contribution < 1.29 is 19.0 Å². The number of hydrogen-bond acceptors (Lipinski definition) is 4. The number of halogens is 1. The molecule has 1 rings (SSSR count). The molecule has 0 atom stereocenters. The molecule has 0 aliphatic heterocycles. The summed E-state index contributed by atoms with van der Waals surface area (Å²) in [7, 11) is 4.57. The maximum atomic E-state index is 12.3. The van der Waals surface area contributed by atoms with Crippen LogP contribution in [0.4, 0.5) is 0 Å². The van der Waals surface area contributed by atoms with Gasteiger partial charge in [0.15, 0.2) is 11.5 Å². The zero-order valence-electron chi connectivity index (χ0n) is 13.1. The third-order valence-corrected chi connectivity index (χ3v) is 4.53. The van der Waals surface area contributed by atoms with E-state index in [1.54, 1.807) is 12.1 Å². The number of alkyl halides is 1. The first kappa shape index (κ1) is 17.6. The second kappa shape index (κ2) is 7.54. The molecule has 1 aromatic carbocycles. The fraction of sp³-hybridized carbons (Fsp3) is 0.533. The van der Waals surface area contributed by atoms with Crippen LogP contribution in [0, 0.1) is 5.41 Å². The Morgan fingerprint density at radius 2 is 1.67 bits per heavy atom. The number of carbonyl (C=O) groups is 1. The van der Waals surface area contributed by atoms with Crippen molar-refractivity contribution in [1.82, 2.24) is 5.32 Å². The van der Waals surface area contributed by atoms with Gasteiger partial charge in [0.25, 0.3) is 5.91 Å². The number of benzene rings is 1. The van der Waals surface area contributed by atoms with E-state index in [1.165, 1.54) is 21.3 Å². The highest BCUT2D eigenvalue weighted by Gasteiger charge is 2.20. The highest BCUT2D eigenvalue weighted by molar-refractivity contribution is 9.09. The van der Waals surface area contributed by atoms with Gasteiger partial charge in [0, 0.05) is 17.4 Å². The Labute approximate surface area is 134 Å². The first-order valence-corrected chi connectivity index (χ1v) is 7.65. The maximum Gasteiger partial charge on any atom is 0.251 e. The minimum atomic E-state index is -0.178. The van der Waals surface area contributed by atoms with Gasteiger partial charge < -0.3 is 19.5 Å². The fourth-order valence-corrected chi connectivity index (χ4v) is 1.88. The molecule has 1 N–H and O–H groups in total. The molecule has 0 heterocycles. The number of nitrogens with one attached hydrogen (secondary N) is 1. The van der Waals surface area contributed by atoms with Gasteiger partial charge >= 0.3 is 0 Å². The van der Waals surface area contributed by atoms with Crippen molar-refractivity contribution in [2.45, 2.75) is 13.8 Å².